The SMILES string of the molecule is Cc1ccccc1CC(N)c1ccc(OC(F)(F)F)cc1. The van der Waals surface area contributed by atoms with E-state index in [1.54, 1.807) is 12.1 Å². The lowest BCUT2D eigenvalue weighted by Gasteiger charge is -2.15. The first kappa shape index (κ1) is 15.4. The van der Waals surface area contributed by atoms with Crippen LogP contribution in [0.4, 0.5) is 13.2 Å². The Hall–Kier alpha value is -2.01. The summed E-state index contributed by atoms with van der Waals surface area (Å²) < 4.78 is 40.1. The van der Waals surface area contributed by atoms with Gasteiger partial charge < -0.3 is 10.5 Å². The first-order valence-corrected chi connectivity index (χ1v) is 6.51. The second-order valence-electron chi connectivity index (χ2n) is 4.85. The fourth-order valence-electron chi connectivity index (χ4n) is 2.11. The van der Waals surface area contributed by atoms with Crippen LogP contribution in [0, 0.1) is 6.92 Å². The molecule has 112 valence electrons. The van der Waals surface area contributed by atoms with E-state index in [-0.39, 0.29) is 11.8 Å². The first-order valence-electron chi connectivity index (χ1n) is 6.51. The third kappa shape index (κ3) is 4.49. The van der Waals surface area contributed by atoms with Gasteiger partial charge in [-0.3, -0.25) is 0 Å². The molecule has 0 aliphatic rings. The summed E-state index contributed by atoms with van der Waals surface area (Å²) in [4.78, 5) is 0. The Balaban J connectivity index is 2.06. The molecule has 1 unspecified atom stereocenters. The average Bonchev–Trinajstić information content (AvgIpc) is 2.40. The van der Waals surface area contributed by atoms with Crippen LogP contribution in [0.25, 0.3) is 0 Å². The summed E-state index contributed by atoms with van der Waals surface area (Å²) in [5.74, 6) is -0.241. The normalized spacial score (nSPS) is 13.0. The van der Waals surface area contributed by atoms with Crippen LogP contribution in [-0.2, 0) is 6.42 Å². The van der Waals surface area contributed by atoms with Crippen molar-refractivity contribution in [3.8, 4) is 5.75 Å². The lowest BCUT2D eigenvalue weighted by molar-refractivity contribution is -0.274. The van der Waals surface area contributed by atoms with Crippen molar-refractivity contribution in [3.05, 3.63) is 65.2 Å². The number of nitrogens with two attached hydrogens (primary N) is 1. The van der Waals surface area contributed by atoms with Gasteiger partial charge in [0.2, 0.25) is 0 Å². The Morgan fingerprint density at radius 2 is 1.67 bits per heavy atom. The number of hydrogen-bond acceptors (Lipinski definition) is 2. The molecule has 0 radical (unpaired) electrons. The Bertz CT molecular complexity index is 593. The topological polar surface area (TPSA) is 35.2 Å². The Labute approximate surface area is 121 Å². The molecule has 2 aromatic rings. The van der Waals surface area contributed by atoms with E-state index in [9.17, 15) is 13.2 Å². The van der Waals surface area contributed by atoms with Crippen molar-refractivity contribution in [1.29, 1.82) is 0 Å². The summed E-state index contributed by atoms with van der Waals surface area (Å²) in [6.45, 7) is 2.00. The van der Waals surface area contributed by atoms with Crippen molar-refractivity contribution in [3.63, 3.8) is 0 Å². The summed E-state index contributed by atoms with van der Waals surface area (Å²) in [5, 5.41) is 0. The van der Waals surface area contributed by atoms with Gasteiger partial charge in [-0.05, 0) is 42.2 Å². The number of ether oxygens (including phenoxy) is 1. The van der Waals surface area contributed by atoms with E-state index in [0.29, 0.717) is 6.42 Å². The van der Waals surface area contributed by atoms with Gasteiger partial charge in [-0.25, -0.2) is 0 Å². The van der Waals surface area contributed by atoms with Crippen LogP contribution >= 0.6 is 0 Å². The summed E-state index contributed by atoms with van der Waals surface area (Å²) >= 11 is 0. The Kier molecular flexibility index (Phi) is 4.53. The van der Waals surface area contributed by atoms with E-state index in [2.05, 4.69) is 4.74 Å². The molecule has 2 rings (SSSR count). The molecule has 5 heteroatoms. The van der Waals surface area contributed by atoms with Crippen molar-refractivity contribution in [1.82, 2.24) is 0 Å². The van der Waals surface area contributed by atoms with Gasteiger partial charge >= 0.3 is 6.36 Å². The minimum Gasteiger partial charge on any atom is -0.406 e. The van der Waals surface area contributed by atoms with Gasteiger partial charge in [-0.2, -0.15) is 0 Å². The fourth-order valence-corrected chi connectivity index (χ4v) is 2.11. The lowest BCUT2D eigenvalue weighted by atomic mass is 9.97. The molecule has 0 aliphatic heterocycles. The second kappa shape index (κ2) is 6.18. The van der Waals surface area contributed by atoms with E-state index >= 15 is 0 Å². The maximum absolute atomic E-state index is 12.1. The second-order valence-corrected chi connectivity index (χ2v) is 4.85. The number of aryl methyl sites for hydroxylation is 1. The average molecular weight is 295 g/mol. The van der Waals surface area contributed by atoms with E-state index in [1.165, 1.54) is 12.1 Å². The van der Waals surface area contributed by atoms with Gasteiger partial charge in [0, 0.05) is 6.04 Å². The highest BCUT2D eigenvalue weighted by atomic mass is 19.4. The quantitative estimate of drug-likeness (QED) is 0.920. The number of benzene rings is 2. The third-order valence-corrected chi connectivity index (χ3v) is 3.24. The first-order chi connectivity index (χ1) is 9.85. The molecule has 0 aliphatic carbocycles. The molecule has 2 aromatic carbocycles. The third-order valence-electron chi connectivity index (χ3n) is 3.24. The zero-order chi connectivity index (χ0) is 15.5. The zero-order valence-corrected chi connectivity index (χ0v) is 11.5. The van der Waals surface area contributed by atoms with Crippen molar-refractivity contribution in [2.45, 2.75) is 25.7 Å². The van der Waals surface area contributed by atoms with Crippen LogP contribution in [0.1, 0.15) is 22.7 Å². The van der Waals surface area contributed by atoms with Gasteiger partial charge in [0.05, 0.1) is 0 Å². The van der Waals surface area contributed by atoms with E-state index in [1.807, 2.05) is 31.2 Å². The Morgan fingerprint density at radius 3 is 2.24 bits per heavy atom. The van der Waals surface area contributed by atoms with Crippen LogP contribution in [0.2, 0.25) is 0 Å². The van der Waals surface area contributed by atoms with Gasteiger partial charge in [0.1, 0.15) is 5.75 Å². The van der Waals surface area contributed by atoms with Crippen molar-refractivity contribution in [2.75, 3.05) is 0 Å². The zero-order valence-electron chi connectivity index (χ0n) is 11.5. The van der Waals surface area contributed by atoms with Crippen LogP contribution < -0.4 is 10.5 Å². The maximum Gasteiger partial charge on any atom is 0.573 e. The smallest absolute Gasteiger partial charge is 0.406 e. The summed E-state index contributed by atoms with van der Waals surface area (Å²) in [5.41, 5.74) is 9.15. The molecular formula is C16H16F3NO. The van der Waals surface area contributed by atoms with Gasteiger partial charge in [0.25, 0.3) is 0 Å². The monoisotopic (exact) mass is 295 g/mol. The van der Waals surface area contributed by atoms with E-state index in [4.69, 9.17) is 5.73 Å². The number of alkyl halides is 3. The highest BCUT2D eigenvalue weighted by molar-refractivity contribution is 5.32. The highest BCUT2D eigenvalue weighted by Crippen LogP contribution is 2.25. The van der Waals surface area contributed by atoms with Crippen LogP contribution in [0.5, 0.6) is 5.75 Å². The predicted molar refractivity (Wildman–Crippen MR) is 74.9 cm³/mol. The molecule has 0 spiro atoms. The largest absolute Gasteiger partial charge is 0.573 e. The predicted octanol–water partition coefficient (Wildman–Crippen LogP) is 4.14. The van der Waals surface area contributed by atoms with Crippen molar-refractivity contribution >= 4 is 0 Å². The fraction of sp³-hybridized carbons (Fsp3) is 0.250. The van der Waals surface area contributed by atoms with Crippen LogP contribution in [-0.4, -0.2) is 6.36 Å². The summed E-state index contributed by atoms with van der Waals surface area (Å²) in [7, 11) is 0. The molecule has 1 atom stereocenters. The summed E-state index contributed by atoms with van der Waals surface area (Å²) in [6, 6.07) is 13.3. The lowest BCUT2D eigenvalue weighted by Crippen LogP contribution is -2.17. The highest BCUT2D eigenvalue weighted by Gasteiger charge is 2.31. The number of halogens is 3. The van der Waals surface area contributed by atoms with Crippen molar-refractivity contribution < 1.29 is 17.9 Å². The minimum atomic E-state index is -4.68. The molecule has 0 heterocycles. The van der Waals surface area contributed by atoms with Crippen LogP contribution in [0.3, 0.4) is 0 Å². The molecule has 2 N–H and O–H groups in total. The Morgan fingerprint density at radius 1 is 1.05 bits per heavy atom. The molecule has 0 fully saturated rings. The van der Waals surface area contributed by atoms with Crippen molar-refractivity contribution in [2.24, 2.45) is 5.73 Å². The van der Waals surface area contributed by atoms with Crippen LogP contribution in [0.15, 0.2) is 48.5 Å². The van der Waals surface area contributed by atoms with Gasteiger partial charge in [-0.15, -0.1) is 13.2 Å². The van der Waals surface area contributed by atoms with E-state index < -0.39 is 6.36 Å². The number of hydrogen-bond donors (Lipinski definition) is 1. The molecule has 0 saturated heterocycles. The standard InChI is InChI=1S/C16H16F3NO/c1-11-4-2-3-5-13(11)10-15(20)12-6-8-14(9-7-12)21-16(17,18)19/h2-9,15H,10,20H2,1H3. The molecule has 0 amide bonds. The summed E-state index contributed by atoms with van der Waals surface area (Å²) in [6.07, 6.45) is -4.04. The molecule has 0 aromatic heterocycles. The molecule has 2 nitrogen and oxygen atoms in total. The molecular weight excluding hydrogens is 279 g/mol. The maximum atomic E-state index is 12.1. The number of rotatable bonds is 4. The van der Waals surface area contributed by atoms with Gasteiger partial charge in [-0.1, -0.05) is 36.4 Å². The van der Waals surface area contributed by atoms with Gasteiger partial charge in [0.15, 0.2) is 0 Å². The minimum absolute atomic E-state index is 0.241. The van der Waals surface area contributed by atoms with E-state index in [0.717, 1.165) is 16.7 Å². The molecule has 0 bridgehead atoms. The molecule has 21 heavy (non-hydrogen) atoms. The molecule has 0 saturated carbocycles.